The molecule has 0 aliphatic carbocycles. The molecule has 6 heterocycles. The average Bonchev–Trinajstić information content (AvgIpc) is 2.77. The molecule has 0 atom stereocenters. The molecular formula is C78H44N2O4. The molecule has 390 valence electrons. The number of nitrogens with zero attached hydrogens (tertiary/aromatic N) is 2. The first kappa shape index (κ1) is 45.4. The fourth-order valence-electron chi connectivity index (χ4n) is 13.7. The monoisotopic (exact) mass is 1070 g/mol. The van der Waals surface area contributed by atoms with Gasteiger partial charge in [-0.3, -0.25) is 0 Å². The van der Waals surface area contributed by atoms with E-state index in [1.807, 2.05) is 0 Å². The van der Waals surface area contributed by atoms with Gasteiger partial charge in [0.1, 0.15) is 44.7 Å². The molecule has 0 aliphatic heterocycles. The summed E-state index contributed by atoms with van der Waals surface area (Å²) < 4.78 is 30.6. The Kier molecular flexibility index (Phi) is 9.24. The molecule has 84 heavy (non-hydrogen) atoms. The zero-order valence-corrected chi connectivity index (χ0v) is 44.9. The molecule has 0 spiro atoms. The van der Waals surface area contributed by atoms with Crippen LogP contribution in [0.3, 0.4) is 0 Å². The zero-order chi connectivity index (χ0) is 54.7. The van der Waals surface area contributed by atoms with Crippen LogP contribution in [0.25, 0.3) is 187 Å². The fraction of sp³-hybridized carbons (Fsp3) is 0. The number of para-hydroxylation sites is 4. The first-order valence-corrected chi connectivity index (χ1v) is 28.5. The standard InChI is InChI=1S/C78H44N2O4/c1-5-16-67-55(12-1)56-13-2-6-17-68(56)79(67)53-26-34-77-65(43-53)63-41-51(24-32-75(63)83-77)49-22-30-73-61(39-49)59-37-47(20-28-71(59)81-73)45-10-9-11-46(36-45)48-21-29-72-60(38-48)62-40-50(23-31-74(62)82-72)52-25-33-76-64(42-52)66-44-54(27-35-78(66)84-76)80-69-18-7-3-14-57(69)58-15-4-8-19-70(58)80/h1-44H. The molecule has 13 aromatic carbocycles. The highest BCUT2D eigenvalue weighted by Gasteiger charge is 2.19. The number of benzene rings is 13. The molecule has 0 unspecified atom stereocenters. The van der Waals surface area contributed by atoms with Crippen LogP contribution >= 0.6 is 0 Å². The lowest BCUT2D eigenvalue weighted by Crippen LogP contribution is -1.93. The Balaban J connectivity index is 0.650. The first-order valence-electron chi connectivity index (χ1n) is 28.5. The van der Waals surface area contributed by atoms with Crippen molar-refractivity contribution >= 4 is 131 Å². The van der Waals surface area contributed by atoms with Crippen LogP contribution in [-0.4, -0.2) is 9.13 Å². The van der Waals surface area contributed by atoms with Gasteiger partial charge < -0.3 is 26.8 Å². The Bertz CT molecular complexity index is 5540. The van der Waals surface area contributed by atoms with E-state index >= 15 is 0 Å². The van der Waals surface area contributed by atoms with Gasteiger partial charge in [0, 0.05) is 76.0 Å². The number of aromatic nitrogens is 2. The van der Waals surface area contributed by atoms with E-state index in [1.165, 1.54) is 43.6 Å². The molecule has 0 saturated heterocycles. The van der Waals surface area contributed by atoms with Gasteiger partial charge in [-0.2, -0.15) is 0 Å². The van der Waals surface area contributed by atoms with E-state index in [2.05, 4.69) is 276 Å². The molecule has 19 rings (SSSR count). The van der Waals surface area contributed by atoms with Crippen molar-refractivity contribution in [3.8, 4) is 55.9 Å². The van der Waals surface area contributed by atoms with E-state index in [4.69, 9.17) is 17.7 Å². The van der Waals surface area contributed by atoms with Crippen molar-refractivity contribution in [2.75, 3.05) is 0 Å². The lowest BCUT2D eigenvalue weighted by Gasteiger charge is -2.08. The summed E-state index contributed by atoms with van der Waals surface area (Å²) in [6.07, 6.45) is 0. The molecule has 6 nitrogen and oxygen atoms in total. The average molecular weight is 1070 g/mol. The lowest BCUT2D eigenvalue weighted by molar-refractivity contribution is 0.668. The van der Waals surface area contributed by atoms with Gasteiger partial charge in [0.2, 0.25) is 0 Å². The van der Waals surface area contributed by atoms with Crippen LogP contribution < -0.4 is 0 Å². The van der Waals surface area contributed by atoms with Gasteiger partial charge in [0.05, 0.1) is 22.1 Å². The third-order valence-electron chi connectivity index (χ3n) is 17.7. The van der Waals surface area contributed by atoms with Crippen molar-refractivity contribution in [3.05, 3.63) is 267 Å². The van der Waals surface area contributed by atoms with Crippen molar-refractivity contribution in [1.82, 2.24) is 9.13 Å². The number of furan rings is 4. The summed E-state index contributed by atoms with van der Waals surface area (Å²) >= 11 is 0. The van der Waals surface area contributed by atoms with E-state index in [-0.39, 0.29) is 0 Å². The van der Waals surface area contributed by atoms with Crippen molar-refractivity contribution < 1.29 is 17.7 Å². The molecule has 0 saturated carbocycles. The quantitative estimate of drug-likeness (QED) is 0.166. The van der Waals surface area contributed by atoms with E-state index in [0.717, 1.165) is 144 Å². The van der Waals surface area contributed by atoms with Gasteiger partial charge in [-0.05, 0) is 184 Å². The van der Waals surface area contributed by atoms with Crippen LogP contribution in [0.1, 0.15) is 0 Å². The van der Waals surface area contributed by atoms with Crippen molar-refractivity contribution in [2.24, 2.45) is 0 Å². The van der Waals surface area contributed by atoms with Gasteiger partial charge in [0.25, 0.3) is 0 Å². The van der Waals surface area contributed by atoms with Gasteiger partial charge in [-0.1, -0.05) is 127 Å². The minimum Gasteiger partial charge on any atom is -0.456 e. The summed E-state index contributed by atoms with van der Waals surface area (Å²) in [5.41, 5.74) is 22.7. The molecule has 0 amide bonds. The molecule has 0 radical (unpaired) electrons. The Labute approximate surface area is 478 Å². The first-order chi connectivity index (χ1) is 41.6. The summed E-state index contributed by atoms with van der Waals surface area (Å²) in [6, 6.07) is 95.7. The van der Waals surface area contributed by atoms with E-state index < -0.39 is 0 Å². The largest absolute Gasteiger partial charge is 0.456 e. The van der Waals surface area contributed by atoms with Gasteiger partial charge in [-0.25, -0.2) is 0 Å². The molecule has 19 aromatic rings. The molecule has 0 N–H and O–H groups in total. The van der Waals surface area contributed by atoms with Crippen LogP contribution in [0.5, 0.6) is 0 Å². The summed E-state index contributed by atoms with van der Waals surface area (Å²) in [5, 5.41) is 13.6. The summed E-state index contributed by atoms with van der Waals surface area (Å²) in [7, 11) is 0. The third-order valence-corrected chi connectivity index (χ3v) is 17.7. The molecule has 6 heteroatoms. The maximum atomic E-state index is 6.50. The van der Waals surface area contributed by atoms with Crippen molar-refractivity contribution in [2.45, 2.75) is 0 Å². The smallest absolute Gasteiger partial charge is 0.135 e. The molecular weight excluding hydrogens is 1030 g/mol. The van der Waals surface area contributed by atoms with Gasteiger partial charge in [0.15, 0.2) is 0 Å². The van der Waals surface area contributed by atoms with Crippen LogP contribution in [0, 0.1) is 0 Å². The predicted molar refractivity (Wildman–Crippen MR) is 346 cm³/mol. The Morgan fingerprint density at radius 3 is 0.667 bits per heavy atom. The highest BCUT2D eigenvalue weighted by atomic mass is 16.3. The topological polar surface area (TPSA) is 62.4 Å². The van der Waals surface area contributed by atoms with Crippen molar-refractivity contribution in [3.63, 3.8) is 0 Å². The van der Waals surface area contributed by atoms with E-state index in [1.54, 1.807) is 0 Å². The van der Waals surface area contributed by atoms with E-state index in [0.29, 0.717) is 0 Å². The van der Waals surface area contributed by atoms with Crippen LogP contribution in [0.15, 0.2) is 285 Å². The second-order valence-corrected chi connectivity index (χ2v) is 22.4. The normalized spacial score (nSPS) is 12.3. The minimum atomic E-state index is 0.856. The van der Waals surface area contributed by atoms with Gasteiger partial charge in [-0.15, -0.1) is 0 Å². The highest BCUT2D eigenvalue weighted by Crippen LogP contribution is 2.43. The van der Waals surface area contributed by atoms with Crippen molar-refractivity contribution in [1.29, 1.82) is 0 Å². The lowest BCUT2D eigenvalue weighted by atomic mass is 9.96. The zero-order valence-electron chi connectivity index (χ0n) is 44.9. The maximum Gasteiger partial charge on any atom is 0.135 e. The predicted octanol–water partition coefficient (Wildman–Crippen LogP) is 22.1. The highest BCUT2D eigenvalue weighted by molar-refractivity contribution is 6.15. The molecule has 0 aliphatic rings. The number of rotatable bonds is 6. The minimum absolute atomic E-state index is 0.856. The van der Waals surface area contributed by atoms with Crippen LogP contribution in [-0.2, 0) is 0 Å². The Hall–Kier alpha value is -11.3. The molecule has 0 bridgehead atoms. The number of hydrogen-bond donors (Lipinski definition) is 0. The summed E-state index contributed by atoms with van der Waals surface area (Å²) in [5.74, 6) is 0. The third kappa shape index (κ3) is 6.67. The maximum absolute atomic E-state index is 6.50. The Morgan fingerprint density at radius 1 is 0.167 bits per heavy atom. The molecule has 0 fully saturated rings. The summed E-state index contributed by atoms with van der Waals surface area (Å²) in [6.45, 7) is 0. The van der Waals surface area contributed by atoms with Gasteiger partial charge >= 0.3 is 0 Å². The number of fused-ring (bicyclic) bond motifs is 18. The second-order valence-electron chi connectivity index (χ2n) is 22.4. The number of hydrogen-bond acceptors (Lipinski definition) is 4. The van der Waals surface area contributed by atoms with Crippen LogP contribution in [0.2, 0.25) is 0 Å². The summed E-state index contributed by atoms with van der Waals surface area (Å²) in [4.78, 5) is 0. The second kappa shape index (κ2) is 17.1. The van der Waals surface area contributed by atoms with Crippen LogP contribution in [0.4, 0.5) is 0 Å². The SMILES string of the molecule is c1cc(-c2ccc3oc4ccc(-c5ccc6oc7ccc(-n8c9ccccc9c9ccccc98)cc7c6c5)cc4c3c2)cc(-c2ccc3oc4ccc(-c5ccc6oc7ccc(-n8c9ccccc9c9ccccc98)cc7c6c5)cc4c3c2)c1. The fourth-order valence-corrected chi connectivity index (χ4v) is 13.7. The van der Waals surface area contributed by atoms with E-state index in [9.17, 15) is 0 Å². The molecule has 6 aromatic heterocycles. The Morgan fingerprint density at radius 2 is 0.393 bits per heavy atom.